The number of fused-ring (bicyclic) bond motifs is 3. The van der Waals surface area contributed by atoms with Gasteiger partial charge in [-0.15, -0.1) is 0 Å². The lowest BCUT2D eigenvalue weighted by Gasteiger charge is -2.43. The fourth-order valence-corrected chi connectivity index (χ4v) is 4.68. The molecule has 2 aromatic rings. The van der Waals surface area contributed by atoms with Crippen LogP contribution in [0.25, 0.3) is 0 Å². The van der Waals surface area contributed by atoms with Gasteiger partial charge in [0.15, 0.2) is 0 Å². The first-order chi connectivity index (χ1) is 10.7. The maximum atomic E-state index is 10.4. The molecule has 2 aromatic carbocycles. The Hall–Kier alpha value is -1.96. The Morgan fingerprint density at radius 3 is 2.41 bits per heavy atom. The van der Waals surface area contributed by atoms with E-state index in [2.05, 4.69) is 18.2 Å². The molecule has 0 amide bonds. The number of phenolic OH excluding ortho intramolecular Hbond substituents is 2. The first-order valence-electron chi connectivity index (χ1n) is 8.33. The van der Waals surface area contributed by atoms with Crippen molar-refractivity contribution in [2.24, 2.45) is 5.92 Å². The minimum Gasteiger partial charge on any atom is -0.508 e. The van der Waals surface area contributed by atoms with Crippen LogP contribution in [0.4, 0.5) is 0 Å². The van der Waals surface area contributed by atoms with Crippen LogP contribution >= 0.6 is 0 Å². The van der Waals surface area contributed by atoms with Crippen molar-refractivity contribution in [1.82, 2.24) is 0 Å². The molecule has 2 heteroatoms. The second-order valence-corrected chi connectivity index (χ2v) is 6.81. The third kappa shape index (κ3) is 2.18. The molecule has 4 rings (SSSR count). The monoisotopic (exact) mass is 294 g/mol. The Kier molecular flexibility index (Phi) is 3.33. The van der Waals surface area contributed by atoms with Gasteiger partial charge < -0.3 is 10.2 Å². The SMILES string of the molecule is Oc1ccc([C@@H]2Cc3cccc(O)c3[C@@H]3CCCC[C@H]23)cc1. The summed E-state index contributed by atoms with van der Waals surface area (Å²) in [5, 5.41) is 19.9. The molecule has 1 fully saturated rings. The molecule has 22 heavy (non-hydrogen) atoms. The quantitative estimate of drug-likeness (QED) is 0.799. The topological polar surface area (TPSA) is 40.5 Å². The van der Waals surface area contributed by atoms with Crippen molar-refractivity contribution >= 4 is 0 Å². The Bertz CT molecular complexity index is 675. The Morgan fingerprint density at radius 1 is 0.818 bits per heavy atom. The van der Waals surface area contributed by atoms with E-state index in [1.165, 1.54) is 42.4 Å². The van der Waals surface area contributed by atoms with E-state index in [-0.39, 0.29) is 0 Å². The number of hydrogen-bond acceptors (Lipinski definition) is 2. The molecule has 2 aliphatic carbocycles. The first-order valence-corrected chi connectivity index (χ1v) is 8.33. The Labute approximate surface area is 131 Å². The largest absolute Gasteiger partial charge is 0.508 e. The van der Waals surface area contributed by atoms with Crippen LogP contribution in [0.5, 0.6) is 11.5 Å². The molecular formula is C20H22O2. The summed E-state index contributed by atoms with van der Waals surface area (Å²) in [6.45, 7) is 0. The van der Waals surface area contributed by atoms with Gasteiger partial charge in [-0.1, -0.05) is 37.1 Å². The van der Waals surface area contributed by atoms with Gasteiger partial charge in [0.05, 0.1) is 0 Å². The maximum Gasteiger partial charge on any atom is 0.119 e. The highest BCUT2D eigenvalue weighted by Crippen LogP contribution is 2.53. The maximum absolute atomic E-state index is 10.4. The molecule has 3 atom stereocenters. The van der Waals surface area contributed by atoms with Gasteiger partial charge in [-0.2, -0.15) is 0 Å². The van der Waals surface area contributed by atoms with Gasteiger partial charge in [0.2, 0.25) is 0 Å². The summed E-state index contributed by atoms with van der Waals surface area (Å²) in [5.41, 5.74) is 3.84. The molecule has 1 saturated carbocycles. The van der Waals surface area contributed by atoms with Gasteiger partial charge in [0.25, 0.3) is 0 Å². The molecule has 0 aromatic heterocycles. The molecule has 0 saturated heterocycles. The summed E-state index contributed by atoms with van der Waals surface area (Å²) in [6, 6.07) is 13.7. The van der Waals surface area contributed by atoms with Crippen molar-refractivity contribution in [3.8, 4) is 11.5 Å². The van der Waals surface area contributed by atoms with Gasteiger partial charge in [-0.25, -0.2) is 0 Å². The molecular weight excluding hydrogens is 272 g/mol. The van der Waals surface area contributed by atoms with E-state index in [4.69, 9.17) is 0 Å². The summed E-state index contributed by atoms with van der Waals surface area (Å²) >= 11 is 0. The molecule has 2 aliphatic rings. The zero-order valence-corrected chi connectivity index (χ0v) is 12.7. The van der Waals surface area contributed by atoms with E-state index in [9.17, 15) is 10.2 Å². The predicted molar refractivity (Wildman–Crippen MR) is 87.4 cm³/mol. The minimum absolute atomic E-state index is 0.331. The predicted octanol–water partition coefficient (Wildman–Crippen LogP) is 4.71. The summed E-state index contributed by atoms with van der Waals surface area (Å²) in [6.07, 6.45) is 5.97. The average Bonchev–Trinajstić information content (AvgIpc) is 2.55. The lowest BCUT2D eigenvalue weighted by Crippen LogP contribution is -2.30. The normalized spacial score (nSPS) is 27.0. The summed E-state index contributed by atoms with van der Waals surface area (Å²) in [4.78, 5) is 0. The van der Waals surface area contributed by atoms with Crippen LogP contribution in [-0.2, 0) is 6.42 Å². The minimum atomic E-state index is 0.331. The average molecular weight is 294 g/mol. The van der Waals surface area contributed by atoms with Crippen LogP contribution in [0.15, 0.2) is 42.5 Å². The number of rotatable bonds is 1. The van der Waals surface area contributed by atoms with E-state index in [1.807, 2.05) is 12.1 Å². The van der Waals surface area contributed by atoms with Gasteiger partial charge in [0.1, 0.15) is 11.5 Å². The van der Waals surface area contributed by atoms with Crippen LogP contribution in [-0.4, -0.2) is 10.2 Å². The number of hydrogen-bond donors (Lipinski definition) is 2. The Morgan fingerprint density at radius 2 is 1.59 bits per heavy atom. The van der Waals surface area contributed by atoms with Crippen LogP contribution in [0.1, 0.15) is 54.2 Å². The standard InChI is InChI=1S/C20H22O2/c21-15-10-8-13(9-11-15)18-12-14-4-3-7-19(22)20(14)17-6-2-1-5-16(17)18/h3-4,7-11,16-18,21-22H,1-2,5-6,12H2/t16-,17+,18-/m0/s1. The molecule has 2 nitrogen and oxygen atoms in total. The molecule has 0 aliphatic heterocycles. The molecule has 0 bridgehead atoms. The highest BCUT2D eigenvalue weighted by atomic mass is 16.3. The third-order valence-electron chi connectivity index (χ3n) is 5.64. The van der Waals surface area contributed by atoms with Gasteiger partial charge in [-0.3, -0.25) is 0 Å². The lowest BCUT2D eigenvalue weighted by molar-refractivity contribution is 0.238. The number of benzene rings is 2. The van der Waals surface area contributed by atoms with Crippen molar-refractivity contribution in [1.29, 1.82) is 0 Å². The van der Waals surface area contributed by atoms with E-state index in [1.54, 1.807) is 12.1 Å². The number of phenols is 2. The molecule has 0 spiro atoms. The Balaban J connectivity index is 1.79. The van der Waals surface area contributed by atoms with E-state index in [0.29, 0.717) is 29.3 Å². The zero-order chi connectivity index (χ0) is 15.1. The van der Waals surface area contributed by atoms with E-state index >= 15 is 0 Å². The van der Waals surface area contributed by atoms with Crippen LogP contribution in [0.3, 0.4) is 0 Å². The lowest BCUT2D eigenvalue weighted by atomic mass is 9.61. The smallest absolute Gasteiger partial charge is 0.119 e. The molecule has 0 unspecified atom stereocenters. The summed E-state index contributed by atoms with van der Waals surface area (Å²) < 4.78 is 0. The van der Waals surface area contributed by atoms with Crippen molar-refractivity contribution in [2.75, 3.05) is 0 Å². The zero-order valence-electron chi connectivity index (χ0n) is 12.7. The second kappa shape index (κ2) is 5.35. The van der Waals surface area contributed by atoms with Crippen molar-refractivity contribution < 1.29 is 10.2 Å². The van der Waals surface area contributed by atoms with Crippen molar-refractivity contribution in [3.63, 3.8) is 0 Å². The van der Waals surface area contributed by atoms with E-state index in [0.717, 1.165) is 6.42 Å². The van der Waals surface area contributed by atoms with Crippen LogP contribution < -0.4 is 0 Å². The van der Waals surface area contributed by atoms with Crippen LogP contribution in [0, 0.1) is 5.92 Å². The number of aromatic hydroxyl groups is 2. The van der Waals surface area contributed by atoms with Gasteiger partial charge in [0, 0.05) is 5.56 Å². The fourth-order valence-electron chi connectivity index (χ4n) is 4.68. The molecule has 114 valence electrons. The van der Waals surface area contributed by atoms with Crippen molar-refractivity contribution in [3.05, 3.63) is 59.2 Å². The molecule has 2 N–H and O–H groups in total. The fraction of sp³-hybridized carbons (Fsp3) is 0.400. The van der Waals surface area contributed by atoms with E-state index < -0.39 is 0 Å². The van der Waals surface area contributed by atoms with Crippen molar-refractivity contribution in [2.45, 2.75) is 43.9 Å². The molecule has 0 radical (unpaired) electrons. The summed E-state index contributed by atoms with van der Waals surface area (Å²) in [5.74, 6) is 2.41. The highest BCUT2D eigenvalue weighted by Gasteiger charge is 2.39. The highest BCUT2D eigenvalue weighted by molar-refractivity contribution is 5.47. The second-order valence-electron chi connectivity index (χ2n) is 6.81. The first kappa shape index (κ1) is 13.7. The summed E-state index contributed by atoms with van der Waals surface area (Å²) in [7, 11) is 0. The molecule has 0 heterocycles. The van der Waals surface area contributed by atoms with Gasteiger partial charge in [-0.05, 0) is 66.3 Å². The van der Waals surface area contributed by atoms with Crippen LogP contribution in [0.2, 0.25) is 0 Å². The van der Waals surface area contributed by atoms with Gasteiger partial charge >= 0.3 is 0 Å². The third-order valence-corrected chi connectivity index (χ3v) is 5.64.